The molecule has 1 rings (SSSR count). The molecule has 20 heavy (non-hydrogen) atoms. The van der Waals surface area contributed by atoms with Gasteiger partial charge in [0, 0.05) is 44.9 Å². The summed E-state index contributed by atoms with van der Waals surface area (Å²) >= 11 is 0. The number of hydrogen-bond acceptors (Lipinski definition) is 3. The van der Waals surface area contributed by atoms with Crippen LogP contribution >= 0.6 is 0 Å². The van der Waals surface area contributed by atoms with Crippen molar-refractivity contribution in [1.82, 2.24) is 10.2 Å². The average Bonchev–Trinajstić information content (AvgIpc) is 2.43. The zero-order chi connectivity index (χ0) is 15.1. The van der Waals surface area contributed by atoms with E-state index in [1.54, 1.807) is 7.11 Å². The Balaban J connectivity index is 2.66. The van der Waals surface area contributed by atoms with Crippen molar-refractivity contribution >= 4 is 0 Å². The van der Waals surface area contributed by atoms with Gasteiger partial charge in [0.2, 0.25) is 0 Å². The molecule has 1 fully saturated rings. The molecular weight excluding hydrogens is 248 g/mol. The second-order valence-electron chi connectivity index (χ2n) is 7.01. The smallest absolute Gasteiger partial charge is 0.0477 e. The largest absolute Gasteiger partial charge is 0.385 e. The summed E-state index contributed by atoms with van der Waals surface area (Å²) < 4.78 is 5.27. The summed E-state index contributed by atoms with van der Waals surface area (Å²) in [6.07, 6.45) is 3.68. The first kappa shape index (κ1) is 17.9. The molecular formula is C17H36N2O. The normalized spacial score (nSPS) is 27.8. The zero-order valence-electron chi connectivity index (χ0n) is 14.5. The molecule has 3 heteroatoms. The molecule has 0 bridgehead atoms. The summed E-state index contributed by atoms with van der Waals surface area (Å²) in [4.78, 5) is 2.74. The van der Waals surface area contributed by atoms with Crippen molar-refractivity contribution in [1.29, 1.82) is 0 Å². The Kier molecular flexibility index (Phi) is 8.08. The maximum atomic E-state index is 5.27. The van der Waals surface area contributed by atoms with E-state index in [-0.39, 0.29) is 0 Å². The van der Waals surface area contributed by atoms with E-state index in [0.29, 0.717) is 18.1 Å². The summed E-state index contributed by atoms with van der Waals surface area (Å²) in [5, 5.41) is 3.79. The lowest BCUT2D eigenvalue weighted by Gasteiger charge is -2.46. The van der Waals surface area contributed by atoms with Crippen LogP contribution in [-0.4, -0.2) is 49.8 Å². The monoisotopic (exact) mass is 284 g/mol. The average molecular weight is 284 g/mol. The van der Waals surface area contributed by atoms with Gasteiger partial charge in [0.05, 0.1) is 0 Å². The third-order valence-corrected chi connectivity index (χ3v) is 4.87. The van der Waals surface area contributed by atoms with E-state index < -0.39 is 0 Å². The van der Waals surface area contributed by atoms with Crippen LogP contribution in [0.1, 0.15) is 53.9 Å². The molecule has 1 aliphatic rings. The van der Waals surface area contributed by atoms with Crippen molar-refractivity contribution in [3.05, 3.63) is 0 Å². The van der Waals surface area contributed by atoms with Crippen LogP contribution in [0, 0.1) is 11.8 Å². The van der Waals surface area contributed by atoms with Crippen molar-refractivity contribution in [3.63, 3.8) is 0 Å². The first-order chi connectivity index (χ1) is 9.49. The van der Waals surface area contributed by atoms with Crippen molar-refractivity contribution in [2.45, 2.75) is 72.0 Å². The van der Waals surface area contributed by atoms with Gasteiger partial charge in [0.25, 0.3) is 0 Å². The third-order valence-electron chi connectivity index (χ3n) is 4.87. The minimum atomic E-state index is 0.618. The number of ether oxygens (including phenoxy) is 1. The van der Waals surface area contributed by atoms with Crippen LogP contribution in [0.4, 0.5) is 0 Å². The summed E-state index contributed by atoms with van der Waals surface area (Å²) in [6.45, 7) is 14.9. The lowest BCUT2D eigenvalue weighted by atomic mass is 9.91. The molecule has 0 aromatic heterocycles. The molecule has 0 saturated carbocycles. The predicted octanol–water partition coefficient (Wildman–Crippen LogP) is 3.15. The number of hydrogen-bond donors (Lipinski definition) is 1. The van der Waals surface area contributed by atoms with E-state index in [1.807, 2.05) is 0 Å². The summed E-state index contributed by atoms with van der Waals surface area (Å²) in [6, 6.07) is 1.95. The van der Waals surface area contributed by atoms with Gasteiger partial charge in [0.15, 0.2) is 0 Å². The molecule has 0 amide bonds. The second kappa shape index (κ2) is 9.01. The quantitative estimate of drug-likeness (QED) is 0.741. The predicted molar refractivity (Wildman–Crippen MR) is 87.1 cm³/mol. The minimum Gasteiger partial charge on any atom is -0.385 e. The Morgan fingerprint density at radius 2 is 1.95 bits per heavy atom. The minimum absolute atomic E-state index is 0.618. The van der Waals surface area contributed by atoms with Crippen LogP contribution in [0.2, 0.25) is 0 Å². The molecule has 0 radical (unpaired) electrons. The lowest BCUT2D eigenvalue weighted by molar-refractivity contribution is 0.0470. The summed E-state index contributed by atoms with van der Waals surface area (Å²) in [5.74, 6) is 1.52. The molecule has 4 atom stereocenters. The lowest BCUT2D eigenvalue weighted by Crippen LogP contribution is -2.60. The highest BCUT2D eigenvalue weighted by atomic mass is 16.5. The maximum absolute atomic E-state index is 5.27. The van der Waals surface area contributed by atoms with Crippen LogP contribution < -0.4 is 5.32 Å². The molecule has 1 saturated heterocycles. The first-order valence-corrected chi connectivity index (χ1v) is 8.47. The van der Waals surface area contributed by atoms with E-state index in [4.69, 9.17) is 4.74 Å². The molecule has 1 aliphatic heterocycles. The molecule has 0 aromatic carbocycles. The van der Waals surface area contributed by atoms with Gasteiger partial charge in [0.1, 0.15) is 0 Å². The van der Waals surface area contributed by atoms with Crippen molar-refractivity contribution in [2.24, 2.45) is 11.8 Å². The Morgan fingerprint density at radius 3 is 2.50 bits per heavy atom. The van der Waals surface area contributed by atoms with Gasteiger partial charge >= 0.3 is 0 Å². The van der Waals surface area contributed by atoms with E-state index in [0.717, 1.165) is 31.4 Å². The van der Waals surface area contributed by atoms with E-state index in [9.17, 15) is 0 Å². The van der Waals surface area contributed by atoms with Crippen LogP contribution in [0.5, 0.6) is 0 Å². The zero-order valence-corrected chi connectivity index (χ0v) is 14.5. The topological polar surface area (TPSA) is 24.5 Å². The first-order valence-electron chi connectivity index (χ1n) is 8.47. The summed E-state index contributed by atoms with van der Waals surface area (Å²) in [5.41, 5.74) is 0. The highest BCUT2D eigenvalue weighted by Gasteiger charge is 2.32. The van der Waals surface area contributed by atoms with E-state index >= 15 is 0 Å². The fourth-order valence-electron chi connectivity index (χ4n) is 3.27. The fraction of sp³-hybridized carbons (Fsp3) is 1.00. The van der Waals surface area contributed by atoms with E-state index in [2.05, 4.69) is 44.8 Å². The molecule has 120 valence electrons. The Morgan fingerprint density at radius 1 is 1.25 bits per heavy atom. The Hall–Kier alpha value is -0.120. The number of methoxy groups -OCH3 is 1. The van der Waals surface area contributed by atoms with Gasteiger partial charge in [-0.2, -0.15) is 0 Å². The molecule has 3 nitrogen and oxygen atoms in total. The third kappa shape index (κ3) is 5.34. The standard InChI is InChI=1S/C17H36N2O/c1-7-14(4)17-12-19(15(5)8-9-20-6)16(11-18-17)10-13(2)3/h13-18H,7-12H2,1-6H3. The molecule has 1 heterocycles. The number of rotatable bonds is 8. The number of piperazine rings is 1. The van der Waals surface area contributed by atoms with Crippen LogP contribution in [0.25, 0.3) is 0 Å². The molecule has 0 spiro atoms. The number of nitrogens with one attached hydrogen (secondary N) is 1. The van der Waals surface area contributed by atoms with Crippen molar-refractivity contribution in [2.75, 3.05) is 26.8 Å². The SMILES string of the molecule is CCC(C)C1CN(C(C)CCOC)C(CC(C)C)CN1. The summed E-state index contributed by atoms with van der Waals surface area (Å²) in [7, 11) is 1.80. The fourth-order valence-corrected chi connectivity index (χ4v) is 3.27. The Bertz CT molecular complexity index is 257. The number of nitrogens with zero attached hydrogens (tertiary/aromatic N) is 1. The van der Waals surface area contributed by atoms with Gasteiger partial charge < -0.3 is 10.1 Å². The van der Waals surface area contributed by atoms with Gasteiger partial charge in [-0.3, -0.25) is 4.90 Å². The molecule has 4 unspecified atom stereocenters. The molecule has 1 N–H and O–H groups in total. The van der Waals surface area contributed by atoms with Crippen LogP contribution in [0.15, 0.2) is 0 Å². The molecule has 0 aliphatic carbocycles. The van der Waals surface area contributed by atoms with Crippen LogP contribution in [-0.2, 0) is 4.74 Å². The molecule has 0 aromatic rings. The van der Waals surface area contributed by atoms with Gasteiger partial charge in [-0.05, 0) is 31.6 Å². The highest BCUT2D eigenvalue weighted by Crippen LogP contribution is 2.23. The van der Waals surface area contributed by atoms with Gasteiger partial charge in [-0.25, -0.2) is 0 Å². The van der Waals surface area contributed by atoms with Crippen molar-refractivity contribution in [3.8, 4) is 0 Å². The van der Waals surface area contributed by atoms with Crippen LogP contribution in [0.3, 0.4) is 0 Å². The Labute approximate surface area is 126 Å². The van der Waals surface area contributed by atoms with Crippen molar-refractivity contribution < 1.29 is 4.74 Å². The van der Waals surface area contributed by atoms with Gasteiger partial charge in [-0.15, -0.1) is 0 Å². The van der Waals surface area contributed by atoms with Gasteiger partial charge in [-0.1, -0.05) is 34.1 Å². The maximum Gasteiger partial charge on any atom is 0.0477 e. The second-order valence-corrected chi connectivity index (χ2v) is 7.01. The van der Waals surface area contributed by atoms with E-state index in [1.165, 1.54) is 19.4 Å². The highest BCUT2D eigenvalue weighted by molar-refractivity contribution is 4.90.